The number of rotatable bonds is 4. The molecule has 0 unspecified atom stereocenters. The fourth-order valence-corrected chi connectivity index (χ4v) is 2.25. The first-order chi connectivity index (χ1) is 8.25. The van der Waals surface area contributed by atoms with Crippen molar-refractivity contribution in [3.05, 3.63) is 29.3 Å². The van der Waals surface area contributed by atoms with Gasteiger partial charge in [-0.25, -0.2) is 0 Å². The maximum Gasteiger partial charge on any atom is 0.137 e. The summed E-state index contributed by atoms with van der Waals surface area (Å²) in [6.07, 6.45) is 0. The van der Waals surface area contributed by atoms with E-state index in [1.807, 2.05) is 24.3 Å². The van der Waals surface area contributed by atoms with Gasteiger partial charge < -0.3 is 10.1 Å². The molecule has 1 fully saturated rings. The molecule has 0 bridgehead atoms. The maximum absolute atomic E-state index is 6.02. The highest BCUT2D eigenvalue weighted by Crippen LogP contribution is 2.22. The van der Waals surface area contributed by atoms with Crippen molar-refractivity contribution in [2.45, 2.75) is 13.0 Å². The van der Waals surface area contributed by atoms with E-state index in [0.29, 0.717) is 17.7 Å². The Morgan fingerprint density at radius 1 is 1.47 bits per heavy atom. The van der Waals surface area contributed by atoms with Crippen molar-refractivity contribution in [1.29, 1.82) is 0 Å². The number of halogens is 1. The molecule has 0 radical (unpaired) electrons. The molecule has 1 heterocycles. The Kier molecular flexibility index (Phi) is 4.66. The molecule has 1 N–H and O–H groups in total. The van der Waals surface area contributed by atoms with E-state index >= 15 is 0 Å². The molecule has 94 valence electrons. The molecular formula is C13H19ClN2O. The van der Waals surface area contributed by atoms with E-state index in [4.69, 9.17) is 16.3 Å². The van der Waals surface area contributed by atoms with Crippen LogP contribution in [0.3, 0.4) is 0 Å². The highest BCUT2D eigenvalue weighted by atomic mass is 35.5. The summed E-state index contributed by atoms with van der Waals surface area (Å²) in [4.78, 5) is 2.41. The third-order valence-electron chi connectivity index (χ3n) is 2.95. The van der Waals surface area contributed by atoms with Crippen LogP contribution >= 0.6 is 11.6 Å². The van der Waals surface area contributed by atoms with Crippen molar-refractivity contribution in [3.8, 4) is 5.75 Å². The number of piperazine rings is 1. The van der Waals surface area contributed by atoms with Crippen LogP contribution in [0, 0.1) is 0 Å². The third kappa shape index (κ3) is 3.87. The van der Waals surface area contributed by atoms with Crippen LogP contribution in [0.2, 0.25) is 5.02 Å². The minimum atomic E-state index is 0.573. The first kappa shape index (κ1) is 12.7. The Bertz CT molecular complexity index is 359. The molecule has 3 nitrogen and oxygen atoms in total. The molecule has 0 aromatic heterocycles. The Labute approximate surface area is 108 Å². The van der Waals surface area contributed by atoms with Crippen LogP contribution in [0.1, 0.15) is 6.92 Å². The number of para-hydroxylation sites is 1. The Balaban J connectivity index is 1.74. The summed E-state index contributed by atoms with van der Waals surface area (Å²) < 4.78 is 5.68. The molecule has 1 saturated heterocycles. The molecule has 1 aromatic rings. The van der Waals surface area contributed by atoms with Crippen LogP contribution in [0.4, 0.5) is 0 Å². The van der Waals surface area contributed by atoms with Crippen LogP contribution in [-0.2, 0) is 0 Å². The number of nitrogens with zero attached hydrogens (tertiary/aromatic N) is 1. The van der Waals surface area contributed by atoms with E-state index < -0.39 is 0 Å². The van der Waals surface area contributed by atoms with Crippen LogP contribution in [0.15, 0.2) is 24.3 Å². The highest BCUT2D eigenvalue weighted by Gasteiger charge is 2.14. The van der Waals surface area contributed by atoms with Gasteiger partial charge in [-0.1, -0.05) is 23.7 Å². The lowest BCUT2D eigenvalue weighted by atomic mass is 10.2. The molecule has 0 saturated carbocycles. The van der Waals surface area contributed by atoms with Gasteiger partial charge >= 0.3 is 0 Å². The van der Waals surface area contributed by atoms with Crippen molar-refractivity contribution >= 4 is 11.6 Å². The molecule has 1 aromatic carbocycles. The molecule has 4 heteroatoms. The second kappa shape index (κ2) is 6.24. The largest absolute Gasteiger partial charge is 0.491 e. The van der Waals surface area contributed by atoms with Crippen molar-refractivity contribution in [2.24, 2.45) is 0 Å². The number of hydrogen-bond donors (Lipinski definition) is 1. The van der Waals surface area contributed by atoms with Crippen molar-refractivity contribution in [2.75, 3.05) is 32.8 Å². The summed E-state index contributed by atoms with van der Waals surface area (Å²) >= 11 is 6.02. The topological polar surface area (TPSA) is 24.5 Å². The van der Waals surface area contributed by atoms with Crippen LogP contribution in [0.25, 0.3) is 0 Å². The third-order valence-corrected chi connectivity index (χ3v) is 3.27. The molecule has 2 rings (SSSR count). The lowest BCUT2D eigenvalue weighted by Crippen LogP contribution is -2.50. The van der Waals surface area contributed by atoms with Crippen molar-refractivity contribution < 1.29 is 4.74 Å². The summed E-state index contributed by atoms with van der Waals surface area (Å²) in [5.41, 5.74) is 0. The van der Waals surface area contributed by atoms with E-state index in [-0.39, 0.29) is 0 Å². The predicted molar refractivity (Wildman–Crippen MR) is 70.9 cm³/mol. The van der Waals surface area contributed by atoms with Gasteiger partial charge in [0.05, 0.1) is 5.02 Å². The van der Waals surface area contributed by atoms with Crippen LogP contribution < -0.4 is 10.1 Å². The van der Waals surface area contributed by atoms with Crippen molar-refractivity contribution in [3.63, 3.8) is 0 Å². The summed E-state index contributed by atoms with van der Waals surface area (Å²) in [5.74, 6) is 0.775. The van der Waals surface area contributed by atoms with E-state index in [0.717, 1.165) is 31.9 Å². The van der Waals surface area contributed by atoms with E-state index in [1.54, 1.807) is 0 Å². The Hall–Kier alpha value is -0.770. The van der Waals surface area contributed by atoms with Gasteiger partial charge in [0.2, 0.25) is 0 Å². The lowest BCUT2D eigenvalue weighted by Gasteiger charge is -2.31. The highest BCUT2D eigenvalue weighted by molar-refractivity contribution is 6.32. The molecule has 17 heavy (non-hydrogen) atoms. The Morgan fingerprint density at radius 3 is 3.06 bits per heavy atom. The second-order valence-corrected chi connectivity index (χ2v) is 4.84. The van der Waals surface area contributed by atoms with Gasteiger partial charge in [0.1, 0.15) is 12.4 Å². The van der Waals surface area contributed by atoms with Gasteiger partial charge in [0.15, 0.2) is 0 Å². The van der Waals surface area contributed by atoms with Crippen molar-refractivity contribution in [1.82, 2.24) is 10.2 Å². The van der Waals surface area contributed by atoms with Gasteiger partial charge in [0.25, 0.3) is 0 Å². The fourth-order valence-electron chi connectivity index (χ4n) is 2.06. The predicted octanol–water partition coefficient (Wildman–Crippen LogP) is 2.01. The normalized spacial score (nSPS) is 21.4. The molecule has 0 aliphatic carbocycles. The molecule has 1 atom stereocenters. The van der Waals surface area contributed by atoms with Crippen LogP contribution in [0.5, 0.6) is 5.75 Å². The van der Waals surface area contributed by atoms with Gasteiger partial charge in [0, 0.05) is 32.2 Å². The zero-order valence-electron chi connectivity index (χ0n) is 10.2. The minimum absolute atomic E-state index is 0.573. The zero-order valence-corrected chi connectivity index (χ0v) is 10.9. The monoisotopic (exact) mass is 254 g/mol. The van der Waals surface area contributed by atoms with Gasteiger partial charge in [-0.2, -0.15) is 0 Å². The smallest absolute Gasteiger partial charge is 0.137 e. The number of hydrogen-bond acceptors (Lipinski definition) is 3. The molecule has 0 spiro atoms. The summed E-state index contributed by atoms with van der Waals surface area (Å²) in [5, 5.41) is 4.11. The number of benzene rings is 1. The first-order valence-corrected chi connectivity index (χ1v) is 6.46. The lowest BCUT2D eigenvalue weighted by molar-refractivity contribution is 0.170. The average molecular weight is 255 g/mol. The Morgan fingerprint density at radius 2 is 2.29 bits per heavy atom. The first-order valence-electron chi connectivity index (χ1n) is 6.09. The van der Waals surface area contributed by atoms with Gasteiger partial charge in [-0.15, -0.1) is 0 Å². The molecule has 1 aliphatic rings. The van der Waals surface area contributed by atoms with Gasteiger partial charge in [-0.05, 0) is 19.1 Å². The maximum atomic E-state index is 6.02. The second-order valence-electron chi connectivity index (χ2n) is 4.43. The SMILES string of the molecule is C[C@@H]1CN(CCOc2ccccc2Cl)CCN1. The molecular weight excluding hydrogens is 236 g/mol. The number of nitrogens with one attached hydrogen (secondary N) is 1. The van der Waals surface area contributed by atoms with Gasteiger partial charge in [-0.3, -0.25) is 4.90 Å². The standard InChI is InChI=1S/C13H19ClN2O/c1-11-10-16(7-6-15-11)8-9-17-13-5-3-2-4-12(13)14/h2-5,11,15H,6-10H2,1H3/t11-/m1/s1. The van der Waals surface area contributed by atoms with Crippen LogP contribution in [-0.4, -0.2) is 43.7 Å². The van der Waals surface area contributed by atoms with E-state index in [9.17, 15) is 0 Å². The van der Waals surface area contributed by atoms with E-state index in [1.165, 1.54) is 0 Å². The molecule has 1 aliphatic heterocycles. The summed E-state index contributed by atoms with van der Waals surface area (Å²) in [6, 6.07) is 8.18. The minimum Gasteiger partial charge on any atom is -0.491 e. The summed E-state index contributed by atoms with van der Waals surface area (Å²) in [7, 11) is 0. The molecule has 0 amide bonds. The quantitative estimate of drug-likeness (QED) is 0.890. The average Bonchev–Trinajstić information content (AvgIpc) is 2.32. The fraction of sp³-hybridized carbons (Fsp3) is 0.538. The number of ether oxygens (including phenoxy) is 1. The summed E-state index contributed by atoms with van der Waals surface area (Å²) in [6.45, 7) is 7.10. The zero-order chi connectivity index (χ0) is 12.1. The van der Waals surface area contributed by atoms with E-state index in [2.05, 4.69) is 17.1 Å².